The third-order valence-electron chi connectivity index (χ3n) is 5.41. The predicted octanol–water partition coefficient (Wildman–Crippen LogP) is 2.52. The van der Waals surface area contributed by atoms with Crippen LogP contribution in [-0.2, 0) is 35.1 Å². The van der Waals surface area contributed by atoms with Crippen molar-refractivity contribution in [1.82, 2.24) is 16.0 Å². The molecule has 0 aromatic heterocycles. The van der Waals surface area contributed by atoms with E-state index in [1.807, 2.05) is 44.2 Å². The fourth-order valence-electron chi connectivity index (χ4n) is 3.67. The molecular weight excluding hydrogens is 516 g/mol. The van der Waals surface area contributed by atoms with Gasteiger partial charge in [-0.3, -0.25) is 14.4 Å². The third kappa shape index (κ3) is 14.9. The quantitative estimate of drug-likeness (QED) is 0.189. The van der Waals surface area contributed by atoms with Crippen molar-refractivity contribution in [2.75, 3.05) is 6.61 Å². The zero-order valence-electron chi connectivity index (χ0n) is 24.3. The van der Waals surface area contributed by atoms with E-state index in [9.17, 15) is 24.0 Å². The first-order chi connectivity index (χ1) is 18.7. The lowest BCUT2D eigenvalue weighted by Crippen LogP contribution is -2.56. The molecule has 0 radical (unpaired) electrons. The topological polar surface area (TPSA) is 166 Å². The van der Waals surface area contributed by atoms with Gasteiger partial charge in [0.25, 0.3) is 0 Å². The molecular formula is C29H44N4O7. The van der Waals surface area contributed by atoms with Crippen LogP contribution in [0.2, 0.25) is 0 Å². The summed E-state index contributed by atoms with van der Waals surface area (Å²) in [5, 5.41) is 8.16. The van der Waals surface area contributed by atoms with Crippen LogP contribution in [0.1, 0.15) is 66.4 Å². The number of rotatable bonds is 15. The number of carbonyl (C=O) groups excluding carboxylic acids is 5. The molecule has 1 aromatic rings. The second-order valence-electron chi connectivity index (χ2n) is 10.8. The summed E-state index contributed by atoms with van der Waals surface area (Å²) in [6, 6.07) is 6.40. The number of esters is 1. The average Bonchev–Trinajstić information content (AvgIpc) is 2.84. The Kier molecular flexibility index (Phi) is 14.5. The summed E-state index contributed by atoms with van der Waals surface area (Å²) in [6.07, 6.45) is 2.42. The molecule has 5 N–H and O–H groups in total. The normalized spacial score (nSPS) is 13.7. The smallest absolute Gasteiger partial charge is 0.408 e. The van der Waals surface area contributed by atoms with Gasteiger partial charge in [-0.2, -0.15) is 0 Å². The van der Waals surface area contributed by atoms with Crippen molar-refractivity contribution in [3.05, 3.63) is 48.0 Å². The minimum atomic E-state index is -1.03. The summed E-state index contributed by atoms with van der Waals surface area (Å²) in [7, 11) is 0. The molecule has 40 heavy (non-hydrogen) atoms. The summed E-state index contributed by atoms with van der Waals surface area (Å²) in [5.74, 6) is -2.20. The molecule has 0 bridgehead atoms. The molecule has 0 aliphatic heterocycles. The molecule has 0 heterocycles. The van der Waals surface area contributed by atoms with Crippen molar-refractivity contribution >= 4 is 29.8 Å². The Morgan fingerprint density at radius 2 is 1.57 bits per heavy atom. The number of carbonyl (C=O) groups is 5. The zero-order chi connectivity index (χ0) is 30.3. The molecule has 0 saturated carbocycles. The number of ether oxygens (including phenoxy) is 2. The monoisotopic (exact) mass is 560 g/mol. The largest absolute Gasteiger partial charge is 0.463 e. The van der Waals surface area contributed by atoms with Gasteiger partial charge in [-0.05, 0) is 52.0 Å². The molecule has 1 aromatic carbocycles. The first-order valence-corrected chi connectivity index (χ1v) is 13.5. The third-order valence-corrected chi connectivity index (χ3v) is 5.41. The summed E-state index contributed by atoms with van der Waals surface area (Å²) in [6.45, 7) is 10.8. The van der Waals surface area contributed by atoms with Gasteiger partial charge in [0.15, 0.2) is 0 Å². The minimum absolute atomic E-state index is 0.0376. The molecule has 11 nitrogen and oxygen atoms in total. The van der Waals surface area contributed by atoms with Crippen LogP contribution in [0, 0.1) is 5.92 Å². The van der Waals surface area contributed by atoms with Crippen LogP contribution in [0.4, 0.5) is 4.79 Å². The Morgan fingerprint density at radius 3 is 2.12 bits per heavy atom. The van der Waals surface area contributed by atoms with Crippen molar-refractivity contribution in [2.24, 2.45) is 11.7 Å². The number of benzene rings is 1. The average molecular weight is 561 g/mol. The van der Waals surface area contributed by atoms with Crippen molar-refractivity contribution in [2.45, 2.75) is 91.0 Å². The van der Waals surface area contributed by atoms with Gasteiger partial charge >= 0.3 is 12.1 Å². The van der Waals surface area contributed by atoms with E-state index >= 15 is 0 Å². The molecule has 0 aliphatic rings. The Morgan fingerprint density at radius 1 is 0.950 bits per heavy atom. The van der Waals surface area contributed by atoms with Gasteiger partial charge < -0.3 is 31.2 Å². The number of nitrogens with one attached hydrogen (secondary N) is 3. The van der Waals surface area contributed by atoms with E-state index < -0.39 is 53.5 Å². The van der Waals surface area contributed by atoms with Crippen LogP contribution < -0.4 is 21.7 Å². The summed E-state index contributed by atoms with van der Waals surface area (Å²) >= 11 is 0. The number of alkyl carbamates (subject to hydrolysis) is 1. The van der Waals surface area contributed by atoms with E-state index in [2.05, 4.69) is 16.0 Å². The first kappa shape index (κ1) is 34.1. The molecule has 4 amide bonds. The maximum absolute atomic E-state index is 13.5. The Bertz CT molecular complexity index is 1020. The maximum Gasteiger partial charge on any atom is 0.408 e. The number of nitrogens with two attached hydrogens (primary N) is 1. The van der Waals surface area contributed by atoms with Crippen LogP contribution in [0.25, 0.3) is 0 Å². The van der Waals surface area contributed by atoms with Gasteiger partial charge in [-0.15, -0.1) is 0 Å². The van der Waals surface area contributed by atoms with E-state index in [1.165, 1.54) is 12.2 Å². The van der Waals surface area contributed by atoms with Gasteiger partial charge in [0.2, 0.25) is 17.7 Å². The Hall–Kier alpha value is -3.89. The first-order valence-electron chi connectivity index (χ1n) is 13.5. The Labute approximate surface area is 236 Å². The molecule has 0 aliphatic carbocycles. The van der Waals surface area contributed by atoms with E-state index in [0.29, 0.717) is 6.42 Å². The SMILES string of the molecule is CCOC(=O)/C=C/[C@H](CCC(N)=O)NC(=O)[C@H](Cc1ccccc1)NC(=O)[C@H](CC(C)C)NC(=O)OC(C)(C)C. The summed E-state index contributed by atoms with van der Waals surface area (Å²) in [5.41, 5.74) is 5.32. The van der Waals surface area contributed by atoms with Crippen LogP contribution in [0.5, 0.6) is 0 Å². The second kappa shape index (κ2) is 16.9. The highest BCUT2D eigenvalue weighted by Gasteiger charge is 2.30. The highest BCUT2D eigenvalue weighted by Crippen LogP contribution is 2.11. The molecule has 0 saturated heterocycles. The van der Waals surface area contributed by atoms with Crippen LogP contribution in [0.15, 0.2) is 42.5 Å². The zero-order valence-corrected chi connectivity index (χ0v) is 24.3. The fraction of sp³-hybridized carbons (Fsp3) is 0.552. The number of amides is 4. The van der Waals surface area contributed by atoms with Crippen LogP contribution >= 0.6 is 0 Å². The summed E-state index contributed by atoms with van der Waals surface area (Å²) < 4.78 is 10.2. The highest BCUT2D eigenvalue weighted by molar-refractivity contribution is 5.92. The molecule has 1 rings (SSSR count). The van der Waals surface area contributed by atoms with Crippen molar-refractivity contribution in [3.8, 4) is 0 Å². The highest BCUT2D eigenvalue weighted by atomic mass is 16.6. The van der Waals surface area contributed by atoms with Gasteiger partial charge in [0, 0.05) is 25.0 Å². The van der Waals surface area contributed by atoms with Gasteiger partial charge in [-0.25, -0.2) is 9.59 Å². The van der Waals surface area contributed by atoms with Crippen LogP contribution in [0.3, 0.4) is 0 Å². The predicted molar refractivity (Wildman–Crippen MR) is 151 cm³/mol. The number of primary amides is 1. The second-order valence-corrected chi connectivity index (χ2v) is 10.8. The lowest BCUT2D eigenvalue weighted by Gasteiger charge is -2.27. The van der Waals surface area contributed by atoms with Gasteiger partial charge in [-0.1, -0.05) is 50.3 Å². The molecule has 0 fully saturated rings. The molecule has 3 atom stereocenters. The number of hydrogen-bond donors (Lipinski definition) is 4. The van der Waals surface area contributed by atoms with E-state index in [0.717, 1.165) is 5.56 Å². The van der Waals surface area contributed by atoms with Crippen molar-refractivity contribution < 1.29 is 33.4 Å². The van der Waals surface area contributed by atoms with Crippen molar-refractivity contribution in [1.29, 1.82) is 0 Å². The van der Waals surface area contributed by atoms with Crippen molar-refractivity contribution in [3.63, 3.8) is 0 Å². The van der Waals surface area contributed by atoms with Crippen LogP contribution in [-0.4, -0.2) is 60.1 Å². The van der Waals surface area contributed by atoms with E-state index in [1.54, 1.807) is 27.7 Å². The fourth-order valence-corrected chi connectivity index (χ4v) is 3.67. The molecule has 0 spiro atoms. The maximum atomic E-state index is 13.5. The molecule has 11 heteroatoms. The summed E-state index contributed by atoms with van der Waals surface area (Å²) in [4.78, 5) is 62.5. The lowest BCUT2D eigenvalue weighted by atomic mass is 10.0. The van der Waals surface area contributed by atoms with E-state index in [4.69, 9.17) is 15.2 Å². The molecule has 0 unspecified atom stereocenters. The Balaban J connectivity index is 3.19. The lowest BCUT2D eigenvalue weighted by molar-refractivity contribution is -0.137. The molecule has 222 valence electrons. The number of hydrogen-bond acceptors (Lipinski definition) is 7. The van der Waals surface area contributed by atoms with E-state index in [-0.39, 0.29) is 31.8 Å². The standard InChI is InChI=1S/C29H44N4O7/c1-7-39-25(35)16-14-21(13-15-24(30)34)31-26(36)23(18-20-11-9-8-10-12-20)32-27(37)22(17-19(2)3)33-28(38)40-29(4,5)6/h8-12,14,16,19,21-23H,7,13,15,17-18H2,1-6H3,(H2,30,34)(H,31,36)(H,32,37)(H,33,38)/b16-14+/t21-,22-,23-/m0/s1. The van der Waals surface area contributed by atoms with Gasteiger partial charge in [0.05, 0.1) is 6.61 Å². The minimum Gasteiger partial charge on any atom is -0.463 e. The van der Waals surface area contributed by atoms with Gasteiger partial charge in [0.1, 0.15) is 17.7 Å².